The maximum absolute atomic E-state index is 11.8. The first-order chi connectivity index (χ1) is 12.5. The molecule has 0 fully saturated rings. The Morgan fingerprint density at radius 1 is 0.852 bits per heavy atom. The lowest BCUT2D eigenvalue weighted by Gasteiger charge is -2.19. The lowest BCUT2D eigenvalue weighted by Crippen LogP contribution is -2.51. The van der Waals surface area contributed by atoms with Crippen molar-refractivity contribution >= 4 is 29.8 Å². The summed E-state index contributed by atoms with van der Waals surface area (Å²) < 4.78 is 0. The van der Waals surface area contributed by atoms with Crippen LogP contribution in [0.4, 0.5) is 4.79 Å². The first kappa shape index (κ1) is 24.1. The van der Waals surface area contributed by atoms with Crippen molar-refractivity contribution in [2.45, 2.75) is 58.0 Å². The fraction of sp³-hybridized carbons (Fsp3) is 0.688. The van der Waals surface area contributed by atoms with Crippen molar-refractivity contribution in [3.05, 3.63) is 0 Å². The first-order valence-corrected chi connectivity index (χ1v) is 8.51. The number of hydrogen-bond donors (Lipinski definition) is 6. The molecule has 0 rings (SSSR count). The lowest BCUT2D eigenvalue weighted by molar-refractivity contribution is -0.140. The van der Waals surface area contributed by atoms with Crippen LogP contribution in [0, 0.1) is 5.92 Å². The van der Waals surface area contributed by atoms with E-state index in [1.165, 1.54) is 6.92 Å². The predicted molar refractivity (Wildman–Crippen MR) is 93.1 cm³/mol. The average Bonchev–Trinajstić information content (AvgIpc) is 2.55. The topological polar surface area (TPSA) is 182 Å². The molecule has 0 aromatic heterocycles. The zero-order chi connectivity index (χ0) is 21.0. The average molecular weight is 389 g/mol. The Kier molecular flexibility index (Phi) is 11.2. The van der Waals surface area contributed by atoms with Crippen LogP contribution in [-0.2, 0) is 19.2 Å². The molecule has 0 aromatic carbocycles. The van der Waals surface area contributed by atoms with Crippen LogP contribution in [0.25, 0.3) is 0 Å². The highest BCUT2D eigenvalue weighted by atomic mass is 16.4. The van der Waals surface area contributed by atoms with E-state index in [-0.39, 0.29) is 24.7 Å². The number of urea groups is 1. The van der Waals surface area contributed by atoms with Gasteiger partial charge in [-0.2, -0.15) is 0 Å². The van der Waals surface area contributed by atoms with Crippen LogP contribution < -0.4 is 16.0 Å². The first-order valence-electron chi connectivity index (χ1n) is 8.51. The van der Waals surface area contributed by atoms with Crippen LogP contribution in [0.2, 0.25) is 0 Å². The van der Waals surface area contributed by atoms with E-state index in [1.54, 1.807) is 0 Å². The van der Waals surface area contributed by atoms with E-state index < -0.39 is 42.4 Å². The molecule has 0 saturated carbocycles. The number of carboxylic acid groups (broad SMARTS) is 3. The van der Waals surface area contributed by atoms with Gasteiger partial charge in [0.05, 0.1) is 0 Å². The molecule has 0 aliphatic carbocycles. The Hall–Kier alpha value is -2.85. The smallest absolute Gasteiger partial charge is 0.326 e. The Morgan fingerprint density at radius 3 is 1.81 bits per heavy atom. The zero-order valence-corrected chi connectivity index (χ0v) is 15.4. The van der Waals surface area contributed by atoms with E-state index in [9.17, 15) is 29.1 Å². The van der Waals surface area contributed by atoms with Gasteiger partial charge in [-0.05, 0) is 25.2 Å². The molecule has 0 heterocycles. The summed E-state index contributed by atoms with van der Waals surface area (Å²) in [6.07, 6.45) is 0.450. The summed E-state index contributed by atoms with van der Waals surface area (Å²) in [6, 6.07) is -3.65. The molecule has 0 saturated heterocycles. The third-order valence-corrected chi connectivity index (χ3v) is 3.74. The van der Waals surface area contributed by atoms with Gasteiger partial charge >= 0.3 is 23.9 Å². The van der Waals surface area contributed by atoms with Crippen molar-refractivity contribution in [1.29, 1.82) is 0 Å². The fourth-order valence-electron chi connectivity index (χ4n) is 2.23. The minimum atomic E-state index is -1.44. The Labute approximate surface area is 156 Å². The number of carboxylic acids is 3. The molecule has 1 unspecified atom stereocenters. The van der Waals surface area contributed by atoms with Gasteiger partial charge in [0.1, 0.15) is 12.1 Å². The maximum atomic E-state index is 11.8. The molecule has 6 N–H and O–H groups in total. The normalized spacial score (nSPS) is 13.7. The summed E-state index contributed by atoms with van der Waals surface area (Å²) in [5.74, 6) is -3.91. The highest BCUT2D eigenvalue weighted by Crippen LogP contribution is 2.09. The molecule has 11 heteroatoms. The van der Waals surface area contributed by atoms with E-state index >= 15 is 0 Å². The highest BCUT2D eigenvalue weighted by Gasteiger charge is 2.24. The number of carbonyl (C=O) groups excluding carboxylic acids is 2. The molecule has 0 aliphatic heterocycles. The molecule has 11 nitrogen and oxygen atoms in total. The summed E-state index contributed by atoms with van der Waals surface area (Å²) in [7, 11) is 0. The van der Waals surface area contributed by atoms with Crippen molar-refractivity contribution < 1.29 is 39.3 Å². The lowest BCUT2D eigenvalue weighted by atomic mass is 10.0. The molecule has 0 radical (unpaired) electrons. The largest absolute Gasteiger partial charge is 0.481 e. The number of rotatable bonds is 13. The van der Waals surface area contributed by atoms with Gasteiger partial charge in [0.2, 0.25) is 5.91 Å². The summed E-state index contributed by atoms with van der Waals surface area (Å²) in [6.45, 7) is 3.76. The number of hydrogen-bond acceptors (Lipinski definition) is 5. The van der Waals surface area contributed by atoms with Crippen molar-refractivity contribution in [2.24, 2.45) is 5.92 Å². The minimum absolute atomic E-state index is 0.125. The van der Waals surface area contributed by atoms with Gasteiger partial charge in [0.25, 0.3) is 0 Å². The van der Waals surface area contributed by atoms with E-state index in [1.807, 2.05) is 6.92 Å². The summed E-state index contributed by atoms with van der Waals surface area (Å²) in [5, 5.41) is 33.7. The summed E-state index contributed by atoms with van der Waals surface area (Å²) >= 11 is 0. The number of aliphatic carboxylic acids is 3. The van der Waals surface area contributed by atoms with Crippen LogP contribution in [0.5, 0.6) is 0 Å². The zero-order valence-electron chi connectivity index (χ0n) is 15.4. The fourth-order valence-corrected chi connectivity index (χ4v) is 2.23. The third-order valence-electron chi connectivity index (χ3n) is 3.74. The summed E-state index contributed by atoms with van der Waals surface area (Å²) in [4.78, 5) is 55.5. The van der Waals surface area contributed by atoms with Crippen LogP contribution >= 0.6 is 0 Å². The molecule has 3 amide bonds. The SMILES string of the molecule is CC(=O)NCC(C)CCC[C@H](NC(=O)N[C@@H](CCC(=O)O)C(=O)O)C(=O)O. The van der Waals surface area contributed by atoms with Gasteiger partial charge in [-0.1, -0.05) is 13.3 Å². The number of nitrogens with one attached hydrogen (secondary N) is 3. The van der Waals surface area contributed by atoms with E-state index in [2.05, 4.69) is 16.0 Å². The van der Waals surface area contributed by atoms with Gasteiger partial charge in [0, 0.05) is 19.9 Å². The van der Waals surface area contributed by atoms with Crippen molar-refractivity contribution in [3.63, 3.8) is 0 Å². The van der Waals surface area contributed by atoms with Crippen molar-refractivity contribution in [3.8, 4) is 0 Å². The van der Waals surface area contributed by atoms with Crippen LogP contribution in [0.15, 0.2) is 0 Å². The van der Waals surface area contributed by atoms with Gasteiger partial charge in [-0.3, -0.25) is 9.59 Å². The van der Waals surface area contributed by atoms with E-state index in [0.29, 0.717) is 19.4 Å². The van der Waals surface area contributed by atoms with Crippen LogP contribution in [0.1, 0.15) is 46.0 Å². The van der Waals surface area contributed by atoms with Gasteiger partial charge in [0.15, 0.2) is 0 Å². The van der Waals surface area contributed by atoms with E-state index in [0.717, 1.165) is 0 Å². The second-order valence-corrected chi connectivity index (χ2v) is 6.31. The quantitative estimate of drug-likeness (QED) is 0.254. The highest BCUT2D eigenvalue weighted by molar-refractivity contribution is 5.86. The molecule has 3 atom stereocenters. The standard InChI is InChI=1S/C16H27N3O8/c1-9(8-17-10(2)20)4-3-5-11(14(23)24)18-16(27)19-12(15(25)26)6-7-13(21)22/h9,11-12H,3-8H2,1-2H3,(H,17,20)(H,21,22)(H,23,24)(H,25,26)(H2,18,19,27)/t9?,11-,12-/m0/s1. The molecule has 0 aliphatic rings. The van der Waals surface area contributed by atoms with Crippen molar-refractivity contribution in [2.75, 3.05) is 6.54 Å². The van der Waals surface area contributed by atoms with Crippen molar-refractivity contribution in [1.82, 2.24) is 16.0 Å². The molecular weight excluding hydrogens is 362 g/mol. The minimum Gasteiger partial charge on any atom is -0.481 e. The molecule has 154 valence electrons. The second-order valence-electron chi connectivity index (χ2n) is 6.31. The molecular formula is C16H27N3O8. The van der Waals surface area contributed by atoms with Gasteiger partial charge < -0.3 is 31.3 Å². The Balaban J connectivity index is 4.47. The molecule has 0 spiro atoms. The number of carbonyl (C=O) groups is 5. The van der Waals surface area contributed by atoms with Crippen LogP contribution in [-0.4, -0.2) is 63.8 Å². The predicted octanol–water partition coefficient (Wildman–Crippen LogP) is -0.000700. The van der Waals surface area contributed by atoms with Gasteiger partial charge in [-0.25, -0.2) is 14.4 Å². The second kappa shape index (κ2) is 12.5. The third kappa shape index (κ3) is 12.2. The van der Waals surface area contributed by atoms with Gasteiger partial charge in [-0.15, -0.1) is 0 Å². The van der Waals surface area contributed by atoms with E-state index in [4.69, 9.17) is 10.2 Å². The molecule has 0 bridgehead atoms. The maximum Gasteiger partial charge on any atom is 0.326 e. The molecule has 0 aromatic rings. The molecule has 27 heavy (non-hydrogen) atoms. The monoisotopic (exact) mass is 389 g/mol. The Morgan fingerprint density at radius 2 is 1.37 bits per heavy atom. The number of amides is 3. The summed E-state index contributed by atoms with van der Waals surface area (Å²) in [5.41, 5.74) is 0. The Bertz CT molecular complexity index is 552. The van der Waals surface area contributed by atoms with Crippen LogP contribution in [0.3, 0.4) is 0 Å².